The molecule has 1 unspecified atom stereocenters. The first-order chi connectivity index (χ1) is 21.0. The highest BCUT2D eigenvalue weighted by Crippen LogP contribution is 2.33. The molecule has 1 aromatic carbocycles. The van der Waals surface area contributed by atoms with Crippen molar-refractivity contribution in [2.45, 2.75) is 108 Å². The van der Waals surface area contributed by atoms with Crippen molar-refractivity contribution >= 4 is 29.3 Å². The maximum atomic E-state index is 12.7. The van der Waals surface area contributed by atoms with E-state index in [0.717, 1.165) is 44.0 Å². The van der Waals surface area contributed by atoms with Crippen LogP contribution in [-0.4, -0.2) is 71.1 Å². The molecule has 6 rings (SSSR count). The molecule has 0 bridgehead atoms. The number of nitrogens with two attached hydrogens (primary N) is 1. The van der Waals surface area contributed by atoms with E-state index < -0.39 is 5.91 Å². The summed E-state index contributed by atoms with van der Waals surface area (Å²) in [5.74, 6) is 0.983. The molecule has 2 saturated carbocycles. The van der Waals surface area contributed by atoms with E-state index in [1.807, 2.05) is 0 Å². The summed E-state index contributed by atoms with van der Waals surface area (Å²) in [4.78, 5) is 38.9. The SMILES string of the molecule is NC(=O)c1ncc(N2CCCC(NC(=O)NC3CCCCC3)C2)nc1Nc1ccc(C2CCN(C3CCCC3)CC2)cc1. The molecule has 4 fully saturated rings. The van der Waals surface area contributed by atoms with E-state index in [-0.39, 0.29) is 23.8 Å². The molecule has 4 aliphatic rings. The van der Waals surface area contributed by atoms with Gasteiger partial charge in [0.15, 0.2) is 11.5 Å². The van der Waals surface area contributed by atoms with Crippen LogP contribution in [0, 0.1) is 0 Å². The number of nitrogens with zero attached hydrogens (tertiary/aromatic N) is 4. The van der Waals surface area contributed by atoms with Gasteiger partial charge in [-0.05, 0) is 88.1 Å². The number of nitrogens with one attached hydrogen (secondary N) is 3. The third-order valence-corrected chi connectivity index (χ3v) is 10.0. The summed E-state index contributed by atoms with van der Waals surface area (Å²) in [5.41, 5.74) is 8.00. The standard InChI is InChI=1S/C33H48N8O2/c34-31(42)30-32(36-26-14-12-23(13-15-26)24-16-19-40(20-17-24)28-10-4-5-11-28)39-29(21-35-30)41-18-6-9-27(22-41)38-33(43)37-25-7-2-1-3-8-25/h12-15,21,24-25,27-28H,1-11,16-20,22H2,(H2,34,42)(H,36,39)(H2,37,38,43). The van der Waals surface area contributed by atoms with Gasteiger partial charge in [0.2, 0.25) is 0 Å². The van der Waals surface area contributed by atoms with Crippen LogP contribution in [0.15, 0.2) is 30.5 Å². The van der Waals surface area contributed by atoms with Crippen LogP contribution in [0.4, 0.5) is 22.1 Å². The van der Waals surface area contributed by atoms with E-state index in [2.05, 4.69) is 55.0 Å². The fourth-order valence-corrected chi connectivity index (χ4v) is 7.60. The minimum absolute atomic E-state index is 0.0175. The average Bonchev–Trinajstić information content (AvgIpc) is 3.57. The van der Waals surface area contributed by atoms with Crippen molar-refractivity contribution in [3.8, 4) is 0 Å². The average molecular weight is 589 g/mol. The molecule has 2 aliphatic carbocycles. The van der Waals surface area contributed by atoms with E-state index in [0.29, 0.717) is 24.1 Å². The summed E-state index contributed by atoms with van der Waals surface area (Å²) in [5, 5.41) is 9.63. The van der Waals surface area contributed by atoms with Gasteiger partial charge in [0, 0.05) is 36.9 Å². The fourth-order valence-electron chi connectivity index (χ4n) is 7.60. The lowest BCUT2D eigenvalue weighted by molar-refractivity contribution is 0.0996. The second-order valence-corrected chi connectivity index (χ2v) is 13.0. The first-order valence-corrected chi connectivity index (χ1v) is 16.6. The van der Waals surface area contributed by atoms with Crippen LogP contribution in [0.25, 0.3) is 0 Å². The zero-order valence-electron chi connectivity index (χ0n) is 25.4. The lowest BCUT2D eigenvalue weighted by Gasteiger charge is -2.36. The van der Waals surface area contributed by atoms with Crippen LogP contribution in [0.5, 0.6) is 0 Å². The van der Waals surface area contributed by atoms with Crippen molar-refractivity contribution in [1.82, 2.24) is 25.5 Å². The first kappa shape index (κ1) is 29.7. The summed E-state index contributed by atoms with van der Waals surface area (Å²) in [7, 11) is 0. The number of urea groups is 1. The predicted molar refractivity (Wildman–Crippen MR) is 170 cm³/mol. The Hall–Kier alpha value is -3.40. The Morgan fingerprint density at radius 3 is 2.19 bits per heavy atom. The number of aromatic nitrogens is 2. The van der Waals surface area contributed by atoms with Gasteiger partial charge < -0.3 is 31.5 Å². The molecule has 232 valence electrons. The summed E-state index contributed by atoms with van der Waals surface area (Å²) in [6, 6.07) is 9.52. The molecule has 2 saturated heterocycles. The van der Waals surface area contributed by atoms with Crippen LogP contribution >= 0.6 is 0 Å². The lowest BCUT2D eigenvalue weighted by Crippen LogP contribution is -2.52. The van der Waals surface area contributed by atoms with E-state index in [1.54, 1.807) is 6.20 Å². The van der Waals surface area contributed by atoms with Crippen molar-refractivity contribution in [3.05, 3.63) is 41.7 Å². The third kappa shape index (κ3) is 7.58. The Morgan fingerprint density at radius 1 is 0.791 bits per heavy atom. The Labute approximate surface area is 255 Å². The van der Waals surface area contributed by atoms with Gasteiger partial charge in [-0.1, -0.05) is 44.2 Å². The molecule has 3 heterocycles. The lowest BCUT2D eigenvalue weighted by atomic mass is 9.88. The van der Waals surface area contributed by atoms with Crippen LogP contribution in [-0.2, 0) is 0 Å². The number of piperidine rings is 2. The maximum absolute atomic E-state index is 12.7. The number of primary amides is 1. The van der Waals surface area contributed by atoms with Crippen molar-refractivity contribution in [3.63, 3.8) is 0 Å². The van der Waals surface area contributed by atoms with Crippen molar-refractivity contribution in [2.75, 3.05) is 36.4 Å². The van der Waals surface area contributed by atoms with E-state index in [1.165, 1.54) is 76.4 Å². The Morgan fingerprint density at radius 2 is 1.47 bits per heavy atom. The second-order valence-electron chi connectivity index (χ2n) is 13.0. The molecule has 10 nitrogen and oxygen atoms in total. The molecule has 10 heteroatoms. The van der Waals surface area contributed by atoms with Crippen LogP contribution in [0.1, 0.15) is 105 Å². The van der Waals surface area contributed by atoms with Crippen molar-refractivity contribution in [2.24, 2.45) is 5.73 Å². The summed E-state index contributed by atoms with van der Waals surface area (Å²) in [6.45, 7) is 3.83. The summed E-state index contributed by atoms with van der Waals surface area (Å²) < 4.78 is 0. The van der Waals surface area contributed by atoms with Crippen LogP contribution in [0.3, 0.4) is 0 Å². The molecule has 2 aromatic rings. The molecule has 0 radical (unpaired) electrons. The molecule has 43 heavy (non-hydrogen) atoms. The number of amides is 3. The summed E-state index contributed by atoms with van der Waals surface area (Å²) in [6.07, 6.45) is 17.1. The quantitative estimate of drug-likeness (QED) is 0.340. The number of benzene rings is 1. The van der Waals surface area contributed by atoms with Crippen LogP contribution < -0.4 is 26.6 Å². The number of hydrogen-bond acceptors (Lipinski definition) is 7. The van der Waals surface area contributed by atoms with Gasteiger partial charge in [0.1, 0.15) is 5.82 Å². The molecule has 2 aliphatic heterocycles. The highest BCUT2D eigenvalue weighted by Gasteiger charge is 2.28. The Bertz CT molecular complexity index is 1230. The zero-order chi connectivity index (χ0) is 29.6. The van der Waals surface area contributed by atoms with Gasteiger partial charge in [0.25, 0.3) is 5.91 Å². The number of rotatable bonds is 8. The van der Waals surface area contributed by atoms with Gasteiger partial charge in [-0.25, -0.2) is 14.8 Å². The van der Waals surface area contributed by atoms with E-state index >= 15 is 0 Å². The third-order valence-electron chi connectivity index (χ3n) is 10.0. The highest BCUT2D eigenvalue weighted by molar-refractivity contribution is 5.96. The van der Waals surface area contributed by atoms with Crippen LogP contribution in [0.2, 0.25) is 0 Å². The number of carbonyl (C=O) groups excluding carboxylic acids is 2. The topological polar surface area (TPSA) is 129 Å². The molecular formula is C33H48N8O2. The highest BCUT2D eigenvalue weighted by atomic mass is 16.2. The van der Waals surface area contributed by atoms with Gasteiger partial charge in [-0.2, -0.15) is 0 Å². The van der Waals surface area contributed by atoms with E-state index in [4.69, 9.17) is 10.7 Å². The minimum Gasteiger partial charge on any atom is -0.364 e. The molecule has 5 N–H and O–H groups in total. The molecule has 0 spiro atoms. The van der Waals surface area contributed by atoms with Gasteiger partial charge in [-0.3, -0.25) is 4.79 Å². The Balaban J connectivity index is 1.07. The van der Waals surface area contributed by atoms with Gasteiger partial charge in [0.05, 0.1) is 6.20 Å². The molecule has 1 aromatic heterocycles. The number of hydrogen-bond donors (Lipinski definition) is 4. The smallest absolute Gasteiger partial charge is 0.315 e. The Kier molecular flexibility index (Phi) is 9.61. The van der Waals surface area contributed by atoms with Crippen molar-refractivity contribution < 1.29 is 9.59 Å². The molecular weight excluding hydrogens is 540 g/mol. The summed E-state index contributed by atoms with van der Waals surface area (Å²) >= 11 is 0. The normalized spacial score (nSPS) is 22.8. The zero-order valence-corrected chi connectivity index (χ0v) is 25.4. The monoisotopic (exact) mass is 588 g/mol. The first-order valence-electron chi connectivity index (χ1n) is 16.6. The number of anilines is 3. The minimum atomic E-state index is -0.621. The maximum Gasteiger partial charge on any atom is 0.315 e. The number of likely N-dealkylation sites (tertiary alicyclic amines) is 1. The van der Waals surface area contributed by atoms with E-state index in [9.17, 15) is 9.59 Å². The van der Waals surface area contributed by atoms with Gasteiger partial charge in [-0.15, -0.1) is 0 Å². The molecule has 1 atom stereocenters. The van der Waals surface area contributed by atoms with Gasteiger partial charge >= 0.3 is 6.03 Å². The fraction of sp³-hybridized carbons (Fsp3) is 0.636. The number of carbonyl (C=O) groups is 2. The molecule has 3 amide bonds. The second kappa shape index (κ2) is 13.9. The van der Waals surface area contributed by atoms with Crippen molar-refractivity contribution in [1.29, 1.82) is 0 Å². The largest absolute Gasteiger partial charge is 0.364 e. The predicted octanol–water partition coefficient (Wildman–Crippen LogP) is 5.04.